The van der Waals surface area contributed by atoms with Gasteiger partial charge in [0.25, 0.3) is 0 Å². The SMILES string of the molecule is ClCc1cc(Br)c(OCC2CCC2)c(Br)c1. The molecule has 0 unspecified atom stereocenters. The first-order chi connectivity index (χ1) is 7.70. The summed E-state index contributed by atoms with van der Waals surface area (Å²) in [6, 6.07) is 4.02. The fourth-order valence-electron chi connectivity index (χ4n) is 1.69. The fraction of sp³-hybridized carbons (Fsp3) is 0.500. The van der Waals surface area contributed by atoms with Gasteiger partial charge in [-0.3, -0.25) is 0 Å². The van der Waals surface area contributed by atoms with E-state index in [0.717, 1.165) is 32.8 Å². The summed E-state index contributed by atoms with van der Waals surface area (Å²) in [6.07, 6.45) is 3.95. The summed E-state index contributed by atoms with van der Waals surface area (Å²) in [5.41, 5.74) is 1.08. The Morgan fingerprint density at radius 1 is 1.25 bits per heavy atom. The van der Waals surface area contributed by atoms with Crippen molar-refractivity contribution in [2.75, 3.05) is 6.61 Å². The Balaban J connectivity index is 2.06. The van der Waals surface area contributed by atoms with E-state index in [1.54, 1.807) is 0 Å². The van der Waals surface area contributed by atoms with Gasteiger partial charge < -0.3 is 4.74 Å². The largest absolute Gasteiger partial charge is 0.491 e. The van der Waals surface area contributed by atoms with Crippen molar-refractivity contribution >= 4 is 43.5 Å². The number of ether oxygens (including phenoxy) is 1. The van der Waals surface area contributed by atoms with Crippen molar-refractivity contribution in [1.29, 1.82) is 0 Å². The fourth-order valence-corrected chi connectivity index (χ4v) is 3.35. The molecule has 88 valence electrons. The lowest BCUT2D eigenvalue weighted by Crippen LogP contribution is -2.19. The number of halogens is 3. The van der Waals surface area contributed by atoms with Gasteiger partial charge in [0.1, 0.15) is 5.75 Å². The molecule has 2 rings (SSSR count). The highest BCUT2D eigenvalue weighted by atomic mass is 79.9. The molecule has 1 saturated carbocycles. The van der Waals surface area contributed by atoms with Crippen LogP contribution in [0.25, 0.3) is 0 Å². The van der Waals surface area contributed by atoms with Gasteiger partial charge in [-0.15, -0.1) is 11.6 Å². The molecule has 0 bridgehead atoms. The second-order valence-corrected chi connectivity index (χ2v) is 6.11. The number of hydrogen-bond donors (Lipinski definition) is 0. The highest BCUT2D eigenvalue weighted by Gasteiger charge is 2.19. The molecule has 0 heterocycles. The summed E-state index contributed by atoms with van der Waals surface area (Å²) in [5.74, 6) is 2.15. The average molecular weight is 368 g/mol. The van der Waals surface area contributed by atoms with Crippen molar-refractivity contribution in [1.82, 2.24) is 0 Å². The maximum atomic E-state index is 5.83. The van der Waals surface area contributed by atoms with Crippen molar-refractivity contribution < 1.29 is 4.74 Å². The third-order valence-electron chi connectivity index (χ3n) is 2.90. The Labute approximate surface area is 118 Å². The summed E-state index contributed by atoms with van der Waals surface area (Å²) in [6.45, 7) is 0.817. The molecule has 0 N–H and O–H groups in total. The second kappa shape index (κ2) is 5.74. The molecule has 1 aliphatic carbocycles. The van der Waals surface area contributed by atoms with Gasteiger partial charge >= 0.3 is 0 Å². The third kappa shape index (κ3) is 2.93. The first kappa shape index (κ1) is 12.7. The number of hydrogen-bond acceptors (Lipinski definition) is 1. The molecule has 0 amide bonds. The quantitative estimate of drug-likeness (QED) is 0.670. The first-order valence-corrected chi connectivity index (χ1v) is 7.49. The zero-order valence-corrected chi connectivity index (χ0v) is 12.7. The summed E-state index contributed by atoms with van der Waals surface area (Å²) >= 11 is 12.8. The molecule has 1 nitrogen and oxygen atoms in total. The molecule has 4 heteroatoms. The molecule has 16 heavy (non-hydrogen) atoms. The standard InChI is InChI=1S/C12H13Br2ClO/c13-10-4-9(6-15)5-11(14)12(10)16-7-8-2-1-3-8/h4-5,8H,1-3,6-7H2. The molecule has 0 aromatic heterocycles. The lowest BCUT2D eigenvalue weighted by molar-refractivity contribution is 0.179. The van der Waals surface area contributed by atoms with Gasteiger partial charge in [0.2, 0.25) is 0 Å². The van der Waals surface area contributed by atoms with Crippen LogP contribution < -0.4 is 4.74 Å². The highest BCUT2D eigenvalue weighted by molar-refractivity contribution is 9.11. The maximum Gasteiger partial charge on any atom is 0.147 e. The van der Waals surface area contributed by atoms with Crippen molar-refractivity contribution in [2.24, 2.45) is 5.92 Å². The molecule has 0 spiro atoms. The highest BCUT2D eigenvalue weighted by Crippen LogP contribution is 2.36. The molecular weight excluding hydrogens is 355 g/mol. The van der Waals surface area contributed by atoms with Gasteiger partial charge in [0.05, 0.1) is 15.6 Å². The zero-order chi connectivity index (χ0) is 11.5. The summed E-state index contributed by atoms with van der Waals surface area (Å²) in [7, 11) is 0. The van der Waals surface area contributed by atoms with Gasteiger partial charge in [-0.25, -0.2) is 0 Å². The van der Waals surface area contributed by atoms with Crippen molar-refractivity contribution in [2.45, 2.75) is 25.1 Å². The molecule has 1 aromatic carbocycles. The van der Waals surface area contributed by atoms with Crippen LogP contribution in [-0.4, -0.2) is 6.61 Å². The Hall–Kier alpha value is 0.270. The van der Waals surface area contributed by atoms with Crippen LogP contribution in [0.15, 0.2) is 21.1 Å². The van der Waals surface area contributed by atoms with Gasteiger partial charge in [-0.05, 0) is 68.3 Å². The predicted molar refractivity (Wildman–Crippen MR) is 74.2 cm³/mol. The normalized spacial score (nSPS) is 15.9. The Morgan fingerprint density at radius 3 is 2.31 bits per heavy atom. The van der Waals surface area contributed by atoms with Crippen LogP contribution in [0.1, 0.15) is 24.8 Å². The van der Waals surface area contributed by atoms with E-state index in [4.69, 9.17) is 16.3 Å². The van der Waals surface area contributed by atoms with E-state index in [9.17, 15) is 0 Å². The monoisotopic (exact) mass is 366 g/mol. The first-order valence-electron chi connectivity index (χ1n) is 5.37. The van der Waals surface area contributed by atoms with E-state index >= 15 is 0 Å². The second-order valence-electron chi connectivity index (χ2n) is 4.13. The van der Waals surface area contributed by atoms with E-state index in [2.05, 4.69) is 31.9 Å². The van der Waals surface area contributed by atoms with E-state index in [1.807, 2.05) is 12.1 Å². The van der Waals surface area contributed by atoms with Crippen LogP contribution in [0.3, 0.4) is 0 Å². The number of rotatable bonds is 4. The Bertz CT molecular complexity index is 354. The smallest absolute Gasteiger partial charge is 0.147 e. The average Bonchev–Trinajstić information content (AvgIpc) is 2.19. The Kier molecular flexibility index (Phi) is 4.57. The Morgan fingerprint density at radius 2 is 1.88 bits per heavy atom. The minimum atomic E-state index is 0.514. The van der Waals surface area contributed by atoms with Crippen molar-refractivity contribution in [3.63, 3.8) is 0 Å². The van der Waals surface area contributed by atoms with E-state index in [1.165, 1.54) is 19.3 Å². The minimum Gasteiger partial charge on any atom is -0.491 e. The van der Waals surface area contributed by atoms with E-state index < -0.39 is 0 Å². The van der Waals surface area contributed by atoms with Crippen molar-refractivity contribution in [3.8, 4) is 5.75 Å². The van der Waals surface area contributed by atoms with Crippen LogP contribution in [0.4, 0.5) is 0 Å². The van der Waals surface area contributed by atoms with Crippen LogP contribution >= 0.6 is 43.5 Å². The zero-order valence-electron chi connectivity index (χ0n) is 8.81. The summed E-state index contributed by atoms with van der Waals surface area (Å²) < 4.78 is 7.77. The molecule has 1 aromatic rings. The topological polar surface area (TPSA) is 9.23 Å². The molecule has 0 radical (unpaired) electrons. The van der Waals surface area contributed by atoms with Gasteiger partial charge in [0, 0.05) is 5.88 Å². The summed E-state index contributed by atoms with van der Waals surface area (Å²) in [5, 5.41) is 0. The van der Waals surface area contributed by atoms with Crippen molar-refractivity contribution in [3.05, 3.63) is 26.6 Å². The maximum absolute atomic E-state index is 5.83. The predicted octanol–water partition coefficient (Wildman–Crippen LogP) is 5.13. The van der Waals surface area contributed by atoms with Crippen LogP contribution in [0.2, 0.25) is 0 Å². The van der Waals surface area contributed by atoms with E-state index in [-0.39, 0.29) is 0 Å². The molecule has 0 saturated heterocycles. The molecule has 0 atom stereocenters. The number of alkyl halides is 1. The minimum absolute atomic E-state index is 0.514. The third-order valence-corrected chi connectivity index (χ3v) is 4.39. The van der Waals surface area contributed by atoms with Gasteiger partial charge in [-0.1, -0.05) is 6.42 Å². The molecule has 0 aliphatic heterocycles. The molecule has 1 aliphatic rings. The lowest BCUT2D eigenvalue weighted by atomic mass is 9.86. The van der Waals surface area contributed by atoms with Crippen LogP contribution in [0.5, 0.6) is 5.75 Å². The van der Waals surface area contributed by atoms with Crippen LogP contribution in [0, 0.1) is 5.92 Å². The van der Waals surface area contributed by atoms with E-state index in [0.29, 0.717) is 5.88 Å². The van der Waals surface area contributed by atoms with Crippen LogP contribution in [-0.2, 0) is 5.88 Å². The van der Waals surface area contributed by atoms with Gasteiger partial charge in [0.15, 0.2) is 0 Å². The summed E-state index contributed by atoms with van der Waals surface area (Å²) in [4.78, 5) is 0. The molecule has 1 fully saturated rings. The van der Waals surface area contributed by atoms with Gasteiger partial charge in [-0.2, -0.15) is 0 Å². The lowest BCUT2D eigenvalue weighted by Gasteiger charge is -2.25. The molecular formula is C12H13Br2ClO. The number of benzene rings is 1.